The van der Waals surface area contributed by atoms with E-state index in [0.29, 0.717) is 6.42 Å². The van der Waals surface area contributed by atoms with Crippen LogP contribution in [-0.2, 0) is 11.2 Å². The van der Waals surface area contributed by atoms with Crippen molar-refractivity contribution in [1.29, 1.82) is 0 Å². The number of benzene rings is 2. The van der Waals surface area contributed by atoms with Crippen molar-refractivity contribution in [2.45, 2.75) is 25.3 Å². The molecule has 3 N–H and O–H groups in total. The van der Waals surface area contributed by atoms with Gasteiger partial charge in [-0.15, -0.1) is 0 Å². The van der Waals surface area contributed by atoms with E-state index in [4.69, 9.17) is 5.73 Å². The molecule has 1 heterocycles. The number of nitrogens with one attached hydrogen (secondary N) is 1. The van der Waals surface area contributed by atoms with Crippen molar-refractivity contribution in [2.24, 2.45) is 5.73 Å². The predicted molar refractivity (Wildman–Crippen MR) is 102 cm³/mol. The molecule has 1 atom stereocenters. The molecule has 2 amide bonds. The molecule has 0 aliphatic heterocycles. The Bertz CT molecular complexity index is 909. The number of carbonyl (C=O) groups excluding carboxylic acids is 2. The molecule has 0 radical (unpaired) electrons. The van der Waals surface area contributed by atoms with Gasteiger partial charge < -0.3 is 11.1 Å². The van der Waals surface area contributed by atoms with Crippen molar-refractivity contribution >= 4 is 22.7 Å². The molecule has 2 aromatic carbocycles. The Morgan fingerprint density at radius 2 is 1.69 bits per heavy atom. The van der Waals surface area contributed by atoms with Crippen molar-refractivity contribution < 1.29 is 9.59 Å². The Labute approximate surface area is 152 Å². The van der Waals surface area contributed by atoms with Crippen LogP contribution in [0.15, 0.2) is 66.7 Å². The van der Waals surface area contributed by atoms with Crippen LogP contribution in [0.5, 0.6) is 0 Å². The van der Waals surface area contributed by atoms with Gasteiger partial charge in [-0.25, -0.2) is 4.98 Å². The van der Waals surface area contributed by atoms with Gasteiger partial charge in [0.05, 0.1) is 5.52 Å². The molecule has 0 spiro atoms. The fourth-order valence-electron chi connectivity index (χ4n) is 2.87. The van der Waals surface area contributed by atoms with Crippen LogP contribution in [0, 0.1) is 0 Å². The number of carbonyl (C=O) groups is 2. The number of aryl methyl sites for hydroxylation is 1. The molecule has 0 unspecified atom stereocenters. The summed E-state index contributed by atoms with van der Waals surface area (Å²) < 4.78 is 0. The molecule has 1 aromatic heterocycles. The number of aromatic nitrogens is 1. The van der Waals surface area contributed by atoms with Crippen LogP contribution in [0.1, 0.15) is 28.9 Å². The Hall–Kier alpha value is -3.21. The maximum absolute atomic E-state index is 12.5. The fraction of sp³-hybridized carbons (Fsp3) is 0.190. The number of nitrogens with zero attached hydrogens (tertiary/aromatic N) is 1. The smallest absolute Gasteiger partial charge is 0.270 e. The first kappa shape index (κ1) is 17.6. The van der Waals surface area contributed by atoms with Gasteiger partial charge in [0.25, 0.3) is 5.91 Å². The van der Waals surface area contributed by atoms with Crippen molar-refractivity contribution in [3.63, 3.8) is 0 Å². The molecule has 0 saturated heterocycles. The number of hydrogen-bond donors (Lipinski definition) is 2. The second kappa shape index (κ2) is 8.25. The summed E-state index contributed by atoms with van der Waals surface area (Å²) in [5.41, 5.74) is 7.66. The summed E-state index contributed by atoms with van der Waals surface area (Å²) in [6, 6.07) is 20.3. The SMILES string of the molecule is NC(=O)[C@H](CCCc1ccccc1)NC(=O)c1ccc2ccccc2n1. The number of pyridine rings is 1. The summed E-state index contributed by atoms with van der Waals surface area (Å²) in [6.45, 7) is 0. The van der Waals surface area contributed by atoms with Crippen LogP contribution in [0.4, 0.5) is 0 Å². The molecule has 0 aliphatic carbocycles. The van der Waals surface area contributed by atoms with Crippen molar-refractivity contribution in [1.82, 2.24) is 10.3 Å². The molecule has 3 rings (SSSR count). The molecule has 0 aliphatic rings. The van der Waals surface area contributed by atoms with Gasteiger partial charge in [0, 0.05) is 5.39 Å². The van der Waals surface area contributed by atoms with Gasteiger partial charge in [0.2, 0.25) is 5.91 Å². The number of fused-ring (bicyclic) bond motifs is 1. The molecular formula is C21H21N3O2. The number of primary amides is 1. The van der Waals surface area contributed by atoms with Gasteiger partial charge in [-0.05, 0) is 37.0 Å². The van der Waals surface area contributed by atoms with Crippen molar-refractivity contribution in [3.05, 3.63) is 78.0 Å². The van der Waals surface area contributed by atoms with Crippen LogP contribution in [0.2, 0.25) is 0 Å². The van der Waals surface area contributed by atoms with Crippen molar-refractivity contribution in [2.75, 3.05) is 0 Å². The van der Waals surface area contributed by atoms with Crippen LogP contribution in [0.25, 0.3) is 10.9 Å². The lowest BCUT2D eigenvalue weighted by Gasteiger charge is -2.15. The third-order valence-corrected chi connectivity index (χ3v) is 4.28. The van der Waals surface area contributed by atoms with Gasteiger partial charge >= 0.3 is 0 Å². The normalized spacial score (nSPS) is 11.8. The first-order valence-corrected chi connectivity index (χ1v) is 8.63. The summed E-state index contributed by atoms with van der Waals surface area (Å²) in [6.07, 6.45) is 2.07. The number of para-hydroxylation sites is 1. The zero-order valence-electron chi connectivity index (χ0n) is 14.4. The minimum absolute atomic E-state index is 0.276. The van der Waals surface area contributed by atoms with E-state index in [1.54, 1.807) is 6.07 Å². The Kier molecular flexibility index (Phi) is 5.59. The van der Waals surface area contributed by atoms with Gasteiger partial charge in [0.1, 0.15) is 11.7 Å². The molecule has 0 fully saturated rings. The average Bonchev–Trinajstić information content (AvgIpc) is 2.67. The molecule has 0 saturated carbocycles. The van der Waals surface area contributed by atoms with Crippen LogP contribution in [-0.4, -0.2) is 22.8 Å². The lowest BCUT2D eigenvalue weighted by molar-refractivity contribution is -0.120. The highest BCUT2D eigenvalue weighted by atomic mass is 16.2. The largest absolute Gasteiger partial charge is 0.368 e. The van der Waals surface area contributed by atoms with E-state index in [9.17, 15) is 9.59 Å². The third-order valence-electron chi connectivity index (χ3n) is 4.28. The highest BCUT2D eigenvalue weighted by Crippen LogP contribution is 2.12. The van der Waals surface area contributed by atoms with Gasteiger partial charge in [-0.3, -0.25) is 9.59 Å². The molecule has 26 heavy (non-hydrogen) atoms. The summed E-state index contributed by atoms with van der Waals surface area (Å²) >= 11 is 0. The van der Waals surface area contributed by atoms with Gasteiger partial charge in [-0.2, -0.15) is 0 Å². The van der Waals surface area contributed by atoms with E-state index in [2.05, 4.69) is 10.3 Å². The Morgan fingerprint density at radius 3 is 2.46 bits per heavy atom. The van der Waals surface area contributed by atoms with E-state index in [0.717, 1.165) is 23.7 Å². The quantitative estimate of drug-likeness (QED) is 0.689. The number of hydrogen-bond acceptors (Lipinski definition) is 3. The maximum Gasteiger partial charge on any atom is 0.270 e. The first-order chi connectivity index (χ1) is 12.6. The van der Waals surface area contributed by atoms with Crippen LogP contribution < -0.4 is 11.1 Å². The number of amides is 2. The predicted octanol–water partition coefficient (Wildman–Crippen LogP) is 2.84. The fourth-order valence-corrected chi connectivity index (χ4v) is 2.87. The molecule has 3 aromatic rings. The zero-order valence-corrected chi connectivity index (χ0v) is 14.4. The molecule has 132 valence electrons. The minimum atomic E-state index is -0.709. The Morgan fingerprint density at radius 1 is 0.962 bits per heavy atom. The molecule has 5 heteroatoms. The minimum Gasteiger partial charge on any atom is -0.368 e. The summed E-state index contributed by atoms with van der Waals surface area (Å²) in [7, 11) is 0. The Balaban J connectivity index is 1.62. The highest BCUT2D eigenvalue weighted by Gasteiger charge is 2.19. The van der Waals surface area contributed by atoms with E-state index in [1.165, 1.54) is 5.56 Å². The van der Waals surface area contributed by atoms with Gasteiger partial charge in [0.15, 0.2) is 0 Å². The second-order valence-corrected chi connectivity index (χ2v) is 6.20. The standard InChI is InChI=1S/C21H21N3O2/c22-20(25)18(12-6-9-15-7-2-1-3-8-15)24-21(26)19-14-13-16-10-4-5-11-17(16)23-19/h1-5,7-8,10-11,13-14,18H,6,9,12H2,(H2,22,25)(H,24,26)/t18-/m0/s1. The lowest BCUT2D eigenvalue weighted by atomic mass is 10.0. The number of nitrogens with two attached hydrogens (primary N) is 1. The van der Waals surface area contributed by atoms with E-state index in [-0.39, 0.29) is 11.6 Å². The van der Waals surface area contributed by atoms with Crippen LogP contribution in [0.3, 0.4) is 0 Å². The van der Waals surface area contributed by atoms with E-state index < -0.39 is 11.9 Å². The average molecular weight is 347 g/mol. The molecular weight excluding hydrogens is 326 g/mol. The number of rotatable bonds is 7. The lowest BCUT2D eigenvalue weighted by Crippen LogP contribution is -2.44. The summed E-state index contributed by atoms with van der Waals surface area (Å²) in [5, 5.41) is 3.66. The zero-order chi connectivity index (χ0) is 18.4. The molecule has 0 bridgehead atoms. The first-order valence-electron chi connectivity index (χ1n) is 8.63. The van der Waals surface area contributed by atoms with E-state index >= 15 is 0 Å². The second-order valence-electron chi connectivity index (χ2n) is 6.20. The topological polar surface area (TPSA) is 85.1 Å². The molecule has 5 nitrogen and oxygen atoms in total. The highest BCUT2D eigenvalue weighted by molar-refractivity contribution is 5.97. The van der Waals surface area contributed by atoms with E-state index in [1.807, 2.05) is 60.7 Å². The van der Waals surface area contributed by atoms with Crippen LogP contribution >= 0.6 is 0 Å². The summed E-state index contributed by atoms with van der Waals surface area (Å²) in [4.78, 5) is 28.5. The third kappa shape index (κ3) is 4.45. The monoisotopic (exact) mass is 347 g/mol. The summed E-state index contributed by atoms with van der Waals surface area (Å²) in [5.74, 6) is -0.925. The van der Waals surface area contributed by atoms with Gasteiger partial charge in [-0.1, -0.05) is 54.6 Å². The van der Waals surface area contributed by atoms with Crippen molar-refractivity contribution in [3.8, 4) is 0 Å². The maximum atomic E-state index is 12.5.